The maximum Gasteiger partial charge on any atom is 0.254 e. The van der Waals surface area contributed by atoms with E-state index in [0.717, 1.165) is 30.6 Å². The lowest BCUT2D eigenvalue weighted by Crippen LogP contribution is -2.42. The van der Waals surface area contributed by atoms with Gasteiger partial charge in [-0.2, -0.15) is 0 Å². The Morgan fingerprint density at radius 3 is 2.42 bits per heavy atom. The maximum atomic E-state index is 12.4. The van der Waals surface area contributed by atoms with Crippen LogP contribution in [0.4, 0.5) is 0 Å². The van der Waals surface area contributed by atoms with Crippen LogP contribution in [0.15, 0.2) is 48.5 Å². The molecular formula is C20H22N2O2. The lowest BCUT2D eigenvalue weighted by molar-refractivity contribution is 0.0526. The first-order valence-corrected chi connectivity index (χ1v) is 8.55. The van der Waals surface area contributed by atoms with Gasteiger partial charge in [-0.15, -0.1) is 0 Å². The van der Waals surface area contributed by atoms with Gasteiger partial charge in [0, 0.05) is 38.3 Å². The molecule has 0 aromatic heterocycles. The van der Waals surface area contributed by atoms with Crippen LogP contribution in [-0.2, 0) is 19.5 Å². The van der Waals surface area contributed by atoms with E-state index in [-0.39, 0.29) is 5.91 Å². The van der Waals surface area contributed by atoms with Crippen LogP contribution in [0, 0.1) is 0 Å². The van der Waals surface area contributed by atoms with Gasteiger partial charge in [-0.25, -0.2) is 0 Å². The Morgan fingerprint density at radius 2 is 1.62 bits per heavy atom. The fraction of sp³-hybridized carbons (Fsp3) is 0.350. The number of carbonyl (C=O) groups excluding carboxylic acids is 1. The molecule has 0 saturated carbocycles. The first-order chi connectivity index (χ1) is 11.7. The Labute approximate surface area is 142 Å². The van der Waals surface area contributed by atoms with E-state index < -0.39 is 6.10 Å². The molecule has 24 heavy (non-hydrogen) atoms. The van der Waals surface area contributed by atoms with Crippen LogP contribution in [0.25, 0.3) is 0 Å². The number of aliphatic hydroxyl groups excluding tert-OH is 1. The van der Waals surface area contributed by atoms with E-state index in [1.165, 1.54) is 11.1 Å². The Hall–Kier alpha value is -2.17. The first kappa shape index (κ1) is 15.4. The molecule has 1 N–H and O–H groups in total. The Morgan fingerprint density at radius 1 is 0.917 bits per heavy atom. The molecule has 4 rings (SSSR count). The average Bonchev–Trinajstić information content (AvgIpc) is 2.91. The van der Waals surface area contributed by atoms with Crippen molar-refractivity contribution < 1.29 is 9.90 Å². The number of amides is 1. The molecule has 2 aliphatic heterocycles. The minimum atomic E-state index is -0.520. The van der Waals surface area contributed by atoms with Crippen LogP contribution in [-0.4, -0.2) is 46.6 Å². The lowest BCUT2D eigenvalue weighted by Gasteiger charge is -2.31. The van der Waals surface area contributed by atoms with Gasteiger partial charge in [0.15, 0.2) is 0 Å². The van der Waals surface area contributed by atoms with E-state index in [2.05, 4.69) is 29.2 Å². The van der Waals surface area contributed by atoms with E-state index in [4.69, 9.17) is 0 Å². The van der Waals surface area contributed by atoms with E-state index in [1.54, 1.807) is 4.90 Å². The molecule has 2 heterocycles. The van der Waals surface area contributed by atoms with Gasteiger partial charge in [-0.1, -0.05) is 42.5 Å². The molecule has 2 aliphatic rings. The van der Waals surface area contributed by atoms with Crippen molar-refractivity contribution in [3.8, 4) is 0 Å². The molecular weight excluding hydrogens is 300 g/mol. The molecule has 1 atom stereocenters. The zero-order chi connectivity index (χ0) is 16.5. The second kappa shape index (κ2) is 6.38. The summed E-state index contributed by atoms with van der Waals surface area (Å²) in [5.41, 5.74) is 4.59. The molecule has 4 nitrogen and oxygen atoms in total. The smallest absolute Gasteiger partial charge is 0.254 e. The van der Waals surface area contributed by atoms with Gasteiger partial charge in [0.25, 0.3) is 5.91 Å². The Kier molecular flexibility index (Phi) is 4.08. The van der Waals surface area contributed by atoms with Crippen LogP contribution in [0.5, 0.6) is 0 Å². The second-order valence-electron chi connectivity index (χ2n) is 6.75. The summed E-state index contributed by atoms with van der Waals surface area (Å²) in [6.07, 6.45) is 0.505. The van der Waals surface area contributed by atoms with Crippen LogP contribution < -0.4 is 0 Å². The SMILES string of the molecule is O=C1c2ccccc2CN1CC(O)CN1CCc2ccccc2C1. The van der Waals surface area contributed by atoms with Crippen molar-refractivity contribution in [1.29, 1.82) is 0 Å². The number of aliphatic hydroxyl groups is 1. The maximum absolute atomic E-state index is 12.4. The number of fused-ring (bicyclic) bond motifs is 2. The number of nitrogens with zero attached hydrogens (tertiary/aromatic N) is 2. The third kappa shape index (κ3) is 2.95. The highest BCUT2D eigenvalue weighted by atomic mass is 16.3. The van der Waals surface area contributed by atoms with Crippen molar-refractivity contribution >= 4 is 5.91 Å². The number of benzene rings is 2. The molecule has 0 aliphatic carbocycles. The van der Waals surface area contributed by atoms with Gasteiger partial charge < -0.3 is 10.0 Å². The quantitative estimate of drug-likeness (QED) is 0.937. The van der Waals surface area contributed by atoms with E-state index in [0.29, 0.717) is 19.6 Å². The number of carbonyl (C=O) groups is 1. The van der Waals surface area contributed by atoms with Crippen LogP contribution in [0.3, 0.4) is 0 Å². The second-order valence-corrected chi connectivity index (χ2v) is 6.75. The number of hydrogen-bond donors (Lipinski definition) is 1. The van der Waals surface area contributed by atoms with Gasteiger partial charge in [0.05, 0.1) is 6.10 Å². The van der Waals surface area contributed by atoms with Gasteiger partial charge in [-0.05, 0) is 29.2 Å². The Balaban J connectivity index is 1.35. The van der Waals surface area contributed by atoms with Gasteiger partial charge >= 0.3 is 0 Å². The normalized spacial score (nSPS) is 18.4. The molecule has 0 fully saturated rings. The third-order valence-electron chi connectivity index (χ3n) is 5.01. The van der Waals surface area contributed by atoms with Crippen molar-refractivity contribution in [3.63, 3.8) is 0 Å². The molecule has 0 bridgehead atoms. The summed E-state index contributed by atoms with van der Waals surface area (Å²) in [7, 11) is 0. The molecule has 4 heteroatoms. The fourth-order valence-corrected chi connectivity index (χ4v) is 3.78. The largest absolute Gasteiger partial charge is 0.390 e. The van der Waals surface area contributed by atoms with Crippen LogP contribution in [0.1, 0.15) is 27.0 Å². The highest BCUT2D eigenvalue weighted by Gasteiger charge is 2.29. The van der Waals surface area contributed by atoms with E-state index in [1.807, 2.05) is 24.3 Å². The highest BCUT2D eigenvalue weighted by Crippen LogP contribution is 2.23. The van der Waals surface area contributed by atoms with Crippen molar-refractivity contribution in [2.24, 2.45) is 0 Å². The minimum absolute atomic E-state index is 0.0358. The summed E-state index contributed by atoms with van der Waals surface area (Å²) < 4.78 is 0. The molecule has 0 spiro atoms. The summed E-state index contributed by atoms with van der Waals surface area (Å²) in [6.45, 7) is 3.44. The molecule has 124 valence electrons. The Bertz CT molecular complexity index is 759. The summed E-state index contributed by atoms with van der Waals surface area (Å²) in [6, 6.07) is 16.2. The van der Waals surface area contributed by atoms with Gasteiger partial charge in [-0.3, -0.25) is 9.69 Å². The van der Waals surface area contributed by atoms with E-state index in [9.17, 15) is 9.90 Å². The highest BCUT2D eigenvalue weighted by molar-refractivity contribution is 5.98. The van der Waals surface area contributed by atoms with Crippen LogP contribution in [0.2, 0.25) is 0 Å². The molecule has 0 saturated heterocycles. The molecule has 2 aromatic rings. The molecule has 0 radical (unpaired) electrons. The van der Waals surface area contributed by atoms with Crippen molar-refractivity contribution in [2.75, 3.05) is 19.6 Å². The van der Waals surface area contributed by atoms with Crippen molar-refractivity contribution in [1.82, 2.24) is 9.80 Å². The summed E-state index contributed by atoms with van der Waals surface area (Å²) in [5.74, 6) is 0.0358. The summed E-state index contributed by atoms with van der Waals surface area (Å²) in [5, 5.41) is 10.5. The summed E-state index contributed by atoms with van der Waals surface area (Å²) >= 11 is 0. The molecule has 2 aromatic carbocycles. The zero-order valence-corrected chi connectivity index (χ0v) is 13.7. The predicted molar refractivity (Wildman–Crippen MR) is 92.6 cm³/mol. The van der Waals surface area contributed by atoms with Gasteiger partial charge in [0.1, 0.15) is 0 Å². The minimum Gasteiger partial charge on any atom is -0.390 e. The number of rotatable bonds is 4. The number of hydrogen-bond acceptors (Lipinski definition) is 3. The lowest BCUT2D eigenvalue weighted by atomic mass is 10.00. The summed E-state index contributed by atoms with van der Waals surface area (Å²) in [4.78, 5) is 16.4. The van der Waals surface area contributed by atoms with Gasteiger partial charge in [0.2, 0.25) is 0 Å². The standard InChI is InChI=1S/C20H22N2O2/c23-18(13-21-10-9-15-5-1-2-6-16(15)11-21)14-22-12-17-7-3-4-8-19(17)20(22)24/h1-8,18,23H,9-14H2. The molecule has 1 amide bonds. The monoisotopic (exact) mass is 322 g/mol. The topological polar surface area (TPSA) is 43.8 Å². The zero-order valence-electron chi connectivity index (χ0n) is 13.7. The van der Waals surface area contributed by atoms with E-state index >= 15 is 0 Å². The predicted octanol–water partition coefficient (Wildman–Crippen LogP) is 2.06. The average molecular weight is 322 g/mol. The first-order valence-electron chi connectivity index (χ1n) is 8.55. The number of β-amino-alcohol motifs (C(OH)–C–C–N with tert-alkyl or cyclic N) is 1. The third-order valence-corrected chi connectivity index (χ3v) is 5.01. The molecule has 1 unspecified atom stereocenters. The van der Waals surface area contributed by atoms with Crippen LogP contribution >= 0.6 is 0 Å². The van der Waals surface area contributed by atoms with Crippen molar-refractivity contribution in [3.05, 3.63) is 70.8 Å². The fourth-order valence-electron chi connectivity index (χ4n) is 3.78. The van der Waals surface area contributed by atoms with Crippen molar-refractivity contribution in [2.45, 2.75) is 25.6 Å².